The average Bonchev–Trinajstić information content (AvgIpc) is 2.44. The lowest BCUT2D eigenvalue weighted by Crippen LogP contribution is -2.58. The van der Waals surface area contributed by atoms with Crippen LogP contribution in [0.1, 0.15) is 66.7 Å². The number of carbonyl (C=O) groups is 2. The Morgan fingerprint density at radius 1 is 1.13 bits per heavy atom. The highest BCUT2D eigenvalue weighted by molar-refractivity contribution is 5.85. The largest absolute Gasteiger partial charge is 0.350 e. The van der Waals surface area contributed by atoms with Crippen molar-refractivity contribution in [1.29, 1.82) is 0 Å². The van der Waals surface area contributed by atoms with E-state index in [1.165, 1.54) is 25.7 Å². The minimum atomic E-state index is -0.228. The fourth-order valence-corrected chi connectivity index (χ4v) is 3.98. The zero-order chi connectivity index (χ0) is 17.2. The van der Waals surface area contributed by atoms with Gasteiger partial charge in [-0.3, -0.25) is 14.5 Å². The highest BCUT2D eigenvalue weighted by Crippen LogP contribution is 2.38. The minimum Gasteiger partial charge on any atom is -0.350 e. The topological polar surface area (TPSA) is 49.4 Å². The van der Waals surface area contributed by atoms with Crippen molar-refractivity contribution in [3.63, 3.8) is 0 Å². The van der Waals surface area contributed by atoms with Crippen molar-refractivity contribution in [3.05, 3.63) is 0 Å². The molecule has 2 aliphatic rings. The first-order valence-electron chi connectivity index (χ1n) is 9.26. The molecule has 1 saturated carbocycles. The predicted molar refractivity (Wildman–Crippen MR) is 93.2 cm³/mol. The Morgan fingerprint density at radius 2 is 1.74 bits per heavy atom. The smallest absolute Gasteiger partial charge is 0.237 e. The summed E-state index contributed by atoms with van der Waals surface area (Å²) in [6.07, 6.45) is 6.00. The van der Waals surface area contributed by atoms with E-state index in [0.29, 0.717) is 18.4 Å². The molecule has 4 heteroatoms. The molecule has 3 atom stereocenters. The van der Waals surface area contributed by atoms with Crippen LogP contribution >= 0.6 is 0 Å². The number of hydrogen-bond acceptors (Lipinski definition) is 3. The third kappa shape index (κ3) is 5.03. The van der Waals surface area contributed by atoms with Crippen LogP contribution in [-0.2, 0) is 9.59 Å². The molecular formula is C19H34N2O2. The van der Waals surface area contributed by atoms with Crippen LogP contribution in [0.4, 0.5) is 0 Å². The van der Waals surface area contributed by atoms with Crippen molar-refractivity contribution in [2.75, 3.05) is 13.1 Å². The third-order valence-corrected chi connectivity index (χ3v) is 5.31. The molecule has 23 heavy (non-hydrogen) atoms. The summed E-state index contributed by atoms with van der Waals surface area (Å²) in [4.78, 5) is 27.2. The molecule has 0 aromatic carbocycles. The van der Waals surface area contributed by atoms with E-state index in [1.807, 2.05) is 34.6 Å². The van der Waals surface area contributed by atoms with E-state index < -0.39 is 0 Å². The minimum absolute atomic E-state index is 0.0328. The van der Waals surface area contributed by atoms with Gasteiger partial charge in [0.2, 0.25) is 5.91 Å². The molecule has 1 aliphatic carbocycles. The molecule has 2 rings (SSSR count). The van der Waals surface area contributed by atoms with Gasteiger partial charge < -0.3 is 5.32 Å². The molecule has 1 N–H and O–H groups in total. The fraction of sp³-hybridized carbons (Fsp3) is 0.895. The van der Waals surface area contributed by atoms with E-state index in [1.54, 1.807) is 0 Å². The fourth-order valence-electron chi connectivity index (χ4n) is 3.98. The van der Waals surface area contributed by atoms with Crippen LogP contribution in [0.5, 0.6) is 0 Å². The highest BCUT2D eigenvalue weighted by Gasteiger charge is 2.41. The van der Waals surface area contributed by atoms with Crippen LogP contribution < -0.4 is 5.32 Å². The van der Waals surface area contributed by atoms with Crippen LogP contribution in [0.2, 0.25) is 0 Å². The van der Waals surface area contributed by atoms with Crippen LogP contribution in [0.25, 0.3) is 0 Å². The van der Waals surface area contributed by atoms with Crippen LogP contribution in [0.15, 0.2) is 0 Å². The van der Waals surface area contributed by atoms with Gasteiger partial charge in [-0.2, -0.15) is 0 Å². The van der Waals surface area contributed by atoms with Gasteiger partial charge in [0, 0.05) is 18.0 Å². The summed E-state index contributed by atoms with van der Waals surface area (Å²) in [7, 11) is 0. The SMILES string of the molecule is CC(C)C(=O)CN1CC2CCCCC2CC1C(=O)NC(C)(C)C. The van der Waals surface area contributed by atoms with Gasteiger partial charge in [-0.25, -0.2) is 0 Å². The van der Waals surface area contributed by atoms with Gasteiger partial charge in [0.15, 0.2) is 0 Å². The van der Waals surface area contributed by atoms with Crippen molar-refractivity contribution in [1.82, 2.24) is 10.2 Å². The summed E-state index contributed by atoms with van der Waals surface area (Å²) >= 11 is 0. The number of piperidine rings is 1. The monoisotopic (exact) mass is 322 g/mol. The normalized spacial score (nSPS) is 29.2. The van der Waals surface area contributed by atoms with Gasteiger partial charge >= 0.3 is 0 Å². The van der Waals surface area contributed by atoms with Crippen LogP contribution in [0.3, 0.4) is 0 Å². The Labute approximate surface area is 141 Å². The number of hydrogen-bond donors (Lipinski definition) is 1. The molecule has 1 aliphatic heterocycles. The van der Waals surface area contributed by atoms with E-state index in [-0.39, 0.29) is 29.2 Å². The Morgan fingerprint density at radius 3 is 2.30 bits per heavy atom. The number of nitrogens with zero attached hydrogens (tertiary/aromatic N) is 1. The number of carbonyl (C=O) groups excluding carboxylic acids is 2. The summed E-state index contributed by atoms with van der Waals surface area (Å²) < 4.78 is 0. The van der Waals surface area contributed by atoms with Crippen LogP contribution in [-0.4, -0.2) is 41.3 Å². The van der Waals surface area contributed by atoms with Crippen molar-refractivity contribution >= 4 is 11.7 Å². The summed E-state index contributed by atoms with van der Waals surface area (Å²) in [5, 5.41) is 3.12. The molecule has 3 unspecified atom stereocenters. The molecule has 0 spiro atoms. The van der Waals surface area contributed by atoms with Gasteiger partial charge in [-0.05, 0) is 45.4 Å². The standard InChI is InChI=1S/C19H34N2O2/c1-13(2)17(22)12-21-11-15-9-7-6-8-14(15)10-16(21)18(23)20-19(3,4)5/h13-16H,6-12H2,1-5H3,(H,20,23). The Balaban J connectivity index is 2.12. The van der Waals surface area contributed by atoms with Crippen molar-refractivity contribution in [2.24, 2.45) is 17.8 Å². The Hall–Kier alpha value is -0.900. The number of fused-ring (bicyclic) bond motifs is 1. The molecular weight excluding hydrogens is 288 g/mol. The number of ketones is 1. The first-order valence-corrected chi connectivity index (χ1v) is 9.26. The lowest BCUT2D eigenvalue weighted by molar-refractivity contribution is -0.134. The second-order valence-corrected chi connectivity index (χ2v) is 8.85. The number of nitrogens with one attached hydrogen (secondary N) is 1. The van der Waals surface area contributed by atoms with Crippen molar-refractivity contribution < 1.29 is 9.59 Å². The maximum Gasteiger partial charge on any atom is 0.237 e. The summed E-state index contributed by atoms with van der Waals surface area (Å²) in [5.74, 6) is 1.70. The Bertz CT molecular complexity index is 439. The van der Waals surface area contributed by atoms with Gasteiger partial charge in [-0.1, -0.05) is 33.1 Å². The lowest BCUT2D eigenvalue weighted by Gasteiger charge is -2.46. The average molecular weight is 322 g/mol. The first-order chi connectivity index (χ1) is 10.7. The number of likely N-dealkylation sites (tertiary alicyclic amines) is 1. The zero-order valence-corrected chi connectivity index (χ0v) is 15.5. The first kappa shape index (κ1) is 18.4. The van der Waals surface area contributed by atoms with E-state index in [9.17, 15) is 9.59 Å². The number of rotatable bonds is 4. The lowest BCUT2D eigenvalue weighted by atomic mass is 9.72. The number of Topliss-reactive ketones (excluding diaryl/α,β-unsaturated/α-hetero) is 1. The van der Waals surface area contributed by atoms with Gasteiger partial charge in [0.1, 0.15) is 5.78 Å². The molecule has 132 valence electrons. The van der Waals surface area contributed by atoms with E-state index in [4.69, 9.17) is 0 Å². The Kier molecular flexibility index (Phi) is 5.88. The zero-order valence-electron chi connectivity index (χ0n) is 15.5. The summed E-state index contributed by atoms with van der Waals surface area (Å²) in [6, 6.07) is -0.142. The summed E-state index contributed by atoms with van der Waals surface area (Å²) in [6.45, 7) is 11.3. The van der Waals surface area contributed by atoms with E-state index >= 15 is 0 Å². The third-order valence-electron chi connectivity index (χ3n) is 5.31. The molecule has 0 bridgehead atoms. The molecule has 1 heterocycles. The molecule has 2 fully saturated rings. The molecule has 4 nitrogen and oxygen atoms in total. The van der Waals surface area contributed by atoms with Crippen molar-refractivity contribution in [3.8, 4) is 0 Å². The molecule has 1 saturated heterocycles. The number of amides is 1. The van der Waals surface area contributed by atoms with Crippen LogP contribution in [0, 0.1) is 17.8 Å². The molecule has 0 aromatic rings. The predicted octanol–water partition coefficient (Wildman–Crippen LogP) is 3.01. The maximum absolute atomic E-state index is 12.8. The highest BCUT2D eigenvalue weighted by atomic mass is 16.2. The second kappa shape index (κ2) is 7.33. The molecule has 1 amide bonds. The van der Waals surface area contributed by atoms with E-state index in [2.05, 4.69) is 10.2 Å². The van der Waals surface area contributed by atoms with Crippen molar-refractivity contribution in [2.45, 2.75) is 78.3 Å². The van der Waals surface area contributed by atoms with Gasteiger partial charge in [-0.15, -0.1) is 0 Å². The summed E-state index contributed by atoms with van der Waals surface area (Å²) in [5.41, 5.74) is -0.228. The van der Waals surface area contributed by atoms with E-state index in [0.717, 1.165) is 13.0 Å². The second-order valence-electron chi connectivity index (χ2n) is 8.85. The van der Waals surface area contributed by atoms with Gasteiger partial charge in [0.25, 0.3) is 0 Å². The molecule has 0 aromatic heterocycles. The maximum atomic E-state index is 12.8. The quantitative estimate of drug-likeness (QED) is 0.865. The van der Waals surface area contributed by atoms with Gasteiger partial charge in [0.05, 0.1) is 12.6 Å². The molecule has 0 radical (unpaired) electrons.